The number of nitrogens with zero attached hydrogens (tertiary/aromatic N) is 3. The minimum Gasteiger partial charge on any atom is -0.486 e. The van der Waals surface area contributed by atoms with Gasteiger partial charge in [-0.15, -0.1) is 0 Å². The molecule has 0 spiro atoms. The molecule has 2 heterocycles. The van der Waals surface area contributed by atoms with Crippen LogP contribution in [0.4, 0.5) is 13.2 Å². The molecule has 1 atom stereocenters. The molecule has 0 bridgehead atoms. The number of aromatic nitrogens is 3. The topological polar surface area (TPSA) is 65.4 Å². The number of rotatable bonds is 6. The molecule has 0 unspecified atom stereocenters. The van der Waals surface area contributed by atoms with Crippen LogP contribution in [-0.4, -0.2) is 26.2 Å². The van der Waals surface area contributed by atoms with Crippen molar-refractivity contribution < 1.29 is 17.9 Å². The van der Waals surface area contributed by atoms with Crippen LogP contribution in [0.3, 0.4) is 0 Å². The Morgan fingerprint density at radius 1 is 1.23 bits per heavy atom. The fourth-order valence-electron chi connectivity index (χ4n) is 3.30. The molecule has 5 nitrogen and oxygen atoms in total. The number of hydrogen-bond acceptors (Lipinski definition) is 4. The maximum absolute atomic E-state index is 13.9. The van der Waals surface area contributed by atoms with Gasteiger partial charge in [0.1, 0.15) is 11.4 Å². The van der Waals surface area contributed by atoms with E-state index in [4.69, 9.17) is 22.1 Å². The van der Waals surface area contributed by atoms with Gasteiger partial charge in [0, 0.05) is 11.6 Å². The van der Waals surface area contributed by atoms with Gasteiger partial charge in [0.05, 0.1) is 17.5 Å². The largest absolute Gasteiger partial charge is 0.486 e. The van der Waals surface area contributed by atoms with Crippen LogP contribution in [0.1, 0.15) is 44.9 Å². The lowest BCUT2D eigenvalue weighted by molar-refractivity contribution is -0.140. The molecule has 0 saturated carbocycles. The molecule has 0 aliphatic carbocycles. The molecule has 2 N–H and O–H groups in total. The number of benzene rings is 1. The van der Waals surface area contributed by atoms with Crippen molar-refractivity contribution in [3.05, 3.63) is 46.9 Å². The fraction of sp³-hybridized carbons (Fsp3) is 0.429. The van der Waals surface area contributed by atoms with Gasteiger partial charge < -0.3 is 10.5 Å². The van der Waals surface area contributed by atoms with Crippen molar-refractivity contribution in [1.29, 1.82) is 0 Å². The first-order valence-electron chi connectivity index (χ1n) is 9.61. The van der Waals surface area contributed by atoms with Crippen molar-refractivity contribution in [1.82, 2.24) is 14.6 Å². The van der Waals surface area contributed by atoms with Crippen LogP contribution in [0.15, 0.2) is 30.5 Å². The van der Waals surface area contributed by atoms with Crippen LogP contribution in [0.25, 0.3) is 16.8 Å². The van der Waals surface area contributed by atoms with Crippen molar-refractivity contribution in [3.63, 3.8) is 0 Å². The minimum absolute atomic E-state index is 0.149. The highest BCUT2D eigenvalue weighted by atomic mass is 35.5. The molecule has 3 rings (SSSR count). The van der Waals surface area contributed by atoms with E-state index in [0.717, 1.165) is 12.5 Å². The first-order chi connectivity index (χ1) is 13.9. The summed E-state index contributed by atoms with van der Waals surface area (Å²) in [5.74, 6) is -0.265. The van der Waals surface area contributed by atoms with E-state index in [1.54, 1.807) is 33.0 Å². The van der Waals surface area contributed by atoms with Gasteiger partial charge in [-0.3, -0.25) is 0 Å². The Labute approximate surface area is 178 Å². The molecule has 1 aromatic carbocycles. The predicted molar refractivity (Wildman–Crippen MR) is 111 cm³/mol. The third-order valence-electron chi connectivity index (χ3n) is 4.98. The smallest absolute Gasteiger partial charge is 0.419 e. The lowest BCUT2D eigenvalue weighted by Gasteiger charge is -2.33. The summed E-state index contributed by atoms with van der Waals surface area (Å²) < 4.78 is 48.9. The highest BCUT2D eigenvalue weighted by Crippen LogP contribution is 2.41. The molecule has 9 heteroatoms. The summed E-state index contributed by atoms with van der Waals surface area (Å²) in [5, 5.41) is 4.26. The molecular formula is C21H24ClF3N4O. The van der Waals surface area contributed by atoms with Crippen LogP contribution in [0.2, 0.25) is 5.15 Å². The average Bonchev–Trinajstić information content (AvgIpc) is 3.00. The summed E-state index contributed by atoms with van der Waals surface area (Å²) in [5.41, 5.74) is 6.13. The van der Waals surface area contributed by atoms with Gasteiger partial charge in [0.25, 0.3) is 0 Å². The van der Waals surface area contributed by atoms with E-state index in [1.807, 2.05) is 6.92 Å². The lowest BCUT2D eigenvalue weighted by atomic mass is 9.95. The first-order valence-corrected chi connectivity index (χ1v) is 9.99. The van der Waals surface area contributed by atoms with Crippen molar-refractivity contribution in [3.8, 4) is 16.9 Å². The van der Waals surface area contributed by atoms with Gasteiger partial charge in [-0.25, -0.2) is 9.50 Å². The molecule has 2 aromatic heterocycles. The number of nitrogens with two attached hydrogens (primary N) is 1. The zero-order valence-electron chi connectivity index (χ0n) is 17.2. The van der Waals surface area contributed by atoms with Crippen LogP contribution >= 0.6 is 11.6 Å². The van der Waals surface area contributed by atoms with E-state index in [0.29, 0.717) is 28.9 Å². The zero-order valence-corrected chi connectivity index (χ0v) is 18.0. The summed E-state index contributed by atoms with van der Waals surface area (Å²) in [6, 6.07) is 5.02. The predicted octanol–water partition coefficient (Wildman–Crippen LogP) is 5.66. The number of fused-ring (bicyclic) bond motifs is 1. The standard InChI is InChI=1S/C21H24ClF3N4O/c1-5-6-17(26)20(3,4)30-16-8-7-13(9-15(16)21(23,24)25)14-10-18(22)28-29-11-12(2)27-19(14)29/h7-11,17H,5-6,26H2,1-4H3/t17-/m0/s1. The normalized spacial score (nSPS) is 13.6. The zero-order chi connectivity index (χ0) is 22.3. The number of imidazole rings is 1. The van der Waals surface area contributed by atoms with Gasteiger partial charge in [0.2, 0.25) is 0 Å². The Kier molecular flexibility index (Phi) is 6.02. The Balaban J connectivity index is 2.11. The van der Waals surface area contributed by atoms with Crippen molar-refractivity contribution in [2.75, 3.05) is 0 Å². The van der Waals surface area contributed by atoms with E-state index < -0.39 is 23.4 Å². The van der Waals surface area contributed by atoms with E-state index in [1.165, 1.54) is 16.6 Å². The van der Waals surface area contributed by atoms with Crippen LogP contribution in [0.5, 0.6) is 5.75 Å². The van der Waals surface area contributed by atoms with Crippen molar-refractivity contribution in [2.45, 2.75) is 58.4 Å². The van der Waals surface area contributed by atoms with Crippen LogP contribution in [-0.2, 0) is 6.18 Å². The fourth-order valence-corrected chi connectivity index (χ4v) is 3.49. The maximum atomic E-state index is 13.9. The summed E-state index contributed by atoms with van der Waals surface area (Å²) in [6.07, 6.45) is -1.51. The number of halogens is 4. The van der Waals surface area contributed by atoms with Crippen molar-refractivity contribution >= 4 is 17.2 Å². The number of aryl methyl sites for hydroxylation is 1. The Morgan fingerprint density at radius 3 is 2.57 bits per heavy atom. The average molecular weight is 441 g/mol. The highest BCUT2D eigenvalue weighted by Gasteiger charge is 2.37. The van der Waals surface area contributed by atoms with E-state index >= 15 is 0 Å². The first kappa shape index (κ1) is 22.4. The monoisotopic (exact) mass is 440 g/mol. The third-order valence-corrected chi connectivity index (χ3v) is 5.16. The van der Waals surface area contributed by atoms with E-state index in [-0.39, 0.29) is 10.9 Å². The summed E-state index contributed by atoms with van der Waals surface area (Å²) in [7, 11) is 0. The molecule has 30 heavy (non-hydrogen) atoms. The molecule has 0 aliphatic heterocycles. The molecule has 0 radical (unpaired) electrons. The quantitative estimate of drug-likeness (QED) is 0.537. The van der Waals surface area contributed by atoms with Crippen LogP contribution < -0.4 is 10.5 Å². The van der Waals surface area contributed by atoms with Gasteiger partial charge in [-0.2, -0.15) is 18.3 Å². The Morgan fingerprint density at radius 2 is 1.93 bits per heavy atom. The second kappa shape index (κ2) is 8.07. The van der Waals surface area contributed by atoms with Crippen LogP contribution in [0, 0.1) is 6.92 Å². The van der Waals surface area contributed by atoms with E-state index in [2.05, 4.69) is 10.1 Å². The molecule has 0 fully saturated rings. The SMILES string of the molecule is CCC[C@H](N)C(C)(C)Oc1ccc(-c2cc(Cl)nn3cc(C)nc23)cc1C(F)(F)F. The number of alkyl halides is 3. The summed E-state index contributed by atoms with van der Waals surface area (Å²) in [4.78, 5) is 4.36. The molecule has 0 saturated heterocycles. The third kappa shape index (κ3) is 4.54. The molecular weight excluding hydrogens is 417 g/mol. The molecule has 3 aromatic rings. The number of hydrogen-bond donors (Lipinski definition) is 1. The summed E-state index contributed by atoms with van der Waals surface area (Å²) >= 11 is 6.08. The minimum atomic E-state index is -4.62. The highest BCUT2D eigenvalue weighted by molar-refractivity contribution is 6.29. The van der Waals surface area contributed by atoms with Gasteiger partial charge in [-0.05, 0) is 51.0 Å². The van der Waals surface area contributed by atoms with Gasteiger partial charge in [-0.1, -0.05) is 31.0 Å². The Bertz CT molecular complexity index is 1060. The second-order valence-corrected chi connectivity index (χ2v) is 8.23. The maximum Gasteiger partial charge on any atom is 0.419 e. The lowest BCUT2D eigenvalue weighted by Crippen LogP contribution is -2.47. The van der Waals surface area contributed by atoms with Gasteiger partial charge >= 0.3 is 6.18 Å². The van der Waals surface area contributed by atoms with Crippen molar-refractivity contribution in [2.24, 2.45) is 5.73 Å². The summed E-state index contributed by atoms with van der Waals surface area (Å²) in [6.45, 7) is 7.12. The number of ether oxygens (including phenoxy) is 1. The molecule has 0 aliphatic rings. The Hall–Kier alpha value is -2.32. The molecule has 162 valence electrons. The second-order valence-electron chi connectivity index (χ2n) is 7.84. The molecule has 0 amide bonds. The van der Waals surface area contributed by atoms with Gasteiger partial charge in [0.15, 0.2) is 10.8 Å². The van der Waals surface area contributed by atoms with E-state index in [9.17, 15) is 13.2 Å².